The molecule has 0 radical (unpaired) electrons. The van der Waals surface area contributed by atoms with Crippen LogP contribution in [0, 0.1) is 0 Å². The van der Waals surface area contributed by atoms with Crippen LogP contribution in [0.5, 0.6) is 5.75 Å². The summed E-state index contributed by atoms with van der Waals surface area (Å²) in [6.07, 6.45) is 0.699. The number of carbonyl (C=O) groups excluding carboxylic acids is 1. The van der Waals surface area contributed by atoms with Crippen LogP contribution in [0.15, 0.2) is 18.2 Å². The highest BCUT2D eigenvalue weighted by Crippen LogP contribution is 2.24. The summed E-state index contributed by atoms with van der Waals surface area (Å²) in [5.74, 6) is 0.327. The van der Waals surface area contributed by atoms with Gasteiger partial charge >= 0.3 is 0 Å². The van der Waals surface area contributed by atoms with Crippen LogP contribution in [0.1, 0.15) is 35.7 Å². The predicted molar refractivity (Wildman–Crippen MR) is 47.6 cm³/mol. The molecule has 0 aromatic heterocycles. The molecule has 2 heteroatoms. The van der Waals surface area contributed by atoms with E-state index in [1.165, 1.54) is 6.07 Å². The van der Waals surface area contributed by atoms with Crippen molar-refractivity contribution < 1.29 is 9.90 Å². The number of aldehydes is 1. The molecule has 1 N–H and O–H groups in total. The van der Waals surface area contributed by atoms with Crippen molar-refractivity contribution in [3.8, 4) is 5.75 Å². The average molecular weight is 164 g/mol. The van der Waals surface area contributed by atoms with Gasteiger partial charge in [-0.25, -0.2) is 0 Å². The lowest BCUT2D eigenvalue weighted by atomic mass is 9.97. The van der Waals surface area contributed by atoms with Crippen molar-refractivity contribution in [2.24, 2.45) is 0 Å². The monoisotopic (exact) mass is 164 g/mol. The summed E-state index contributed by atoms with van der Waals surface area (Å²) in [6.45, 7) is 3.98. The molecule has 0 unspecified atom stereocenters. The van der Waals surface area contributed by atoms with E-state index in [0.29, 0.717) is 11.8 Å². The molecule has 0 bridgehead atoms. The standard InChI is InChI=1S/C10H12O2/c1-7(2)8-4-3-5-10(12)9(8)6-11/h3-7,12H,1-2H3. The van der Waals surface area contributed by atoms with Gasteiger partial charge in [0.1, 0.15) is 5.75 Å². The molecule has 64 valence electrons. The van der Waals surface area contributed by atoms with Crippen LogP contribution in [-0.4, -0.2) is 11.4 Å². The van der Waals surface area contributed by atoms with Gasteiger partial charge in [0.05, 0.1) is 5.56 Å². The smallest absolute Gasteiger partial charge is 0.154 e. The highest BCUT2D eigenvalue weighted by Gasteiger charge is 2.08. The van der Waals surface area contributed by atoms with Gasteiger partial charge in [-0.1, -0.05) is 26.0 Å². The third-order valence-electron chi connectivity index (χ3n) is 1.86. The van der Waals surface area contributed by atoms with Crippen LogP contribution in [0.3, 0.4) is 0 Å². The van der Waals surface area contributed by atoms with E-state index < -0.39 is 0 Å². The third kappa shape index (κ3) is 1.47. The molecule has 1 aromatic rings. The Hall–Kier alpha value is -1.31. The molecule has 0 heterocycles. The maximum absolute atomic E-state index is 10.6. The van der Waals surface area contributed by atoms with Crippen molar-refractivity contribution >= 4 is 6.29 Å². The molecule has 0 fully saturated rings. The van der Waals surface area contributed by atoms with Crippen LogP contribution in [-0.2, 0) is 0 Å². The largest absolute Gasteiger partial charge is 0.507 e. The Bertz CT molecular complexity index is 290. The number of carbonyl (C=O) groups is 1. The summed E-state index contributed by atoms with van der Waals surface area (Å²) < 4.78 is 0. The molecule has 0 aliphatic rings. The minimum atomic E-state index is 0.0659. The second-order valence-electron chi connectivity index (χ2n) is 3.05. The number of phenols is 1. The number of phenolic OH excluding ortho intramolecular Hbond substituents is 1. The summed E-state index contributed by atoms with van der Waals surface area (Å²) in [6, 6.07) is 5.13. The van der Waals surface area contributed by atoms with Crippen LogP contribution in [0.4, 0.5) is 0 Å². The first-order valence-corrected chi connectivity index (χ1v) is 3.94. The Kier molecular flexibility index (Phi) is 2.48. The summed E-state index contributed by atoms with van der Waals surface area (Å²) in [5, 5.41) is 9.31. The molecule has 0 saturated heterocycles. The van der Waals surface area contributed by atoms with E-state index >= 15 is 0 Å². The molecular weight excluding hydrogens is 152 g/mol. The summed E-state index contributed by atoms with van der Waals surface area (Å²) in [5.41, 5.74) is 1.30. The normalized spacial score (nSPS) is 10.2. The second kappa shape index (κ2) is 3.39. The Morgan fingerprint density at radius 2 is 2.08 bits per heavy atom. The Morgan fingerprint density at radius 1 is 1.42 bits per heavy atom. The number of hydrogen-bond acceptors (Lipinski definition) is 2. The second-order valence-corrected chi connectivity index (χ2v) is 3.05. The first-order valence-electron chi connectivity index (χ1n) is 3.94. The van der Waals surface area contributed by atoms with E-state index in [1.807, 2.05) is 19.9 Å². The molecule has 0 atom stereocenters. The molecule has 1 aromatic carbocycles. The average Bonchev–Trinajstić information content (AvgIpc) is 2.03. The van der Waals surface area contributed by atoms with E-state index in [4.69, 9.17) is 0 Å². The predicted octanol–water partition coefficient (Wildman–Crippen LogP) is 2.33. The number of aromatic hydroxyl groups is 1. The Balaban J connectivity index is 3.27. The zero-order chi connectivity index (χ0) is 9.14. The number of benzene rings is 1. The topological polar surface area (TPSA) is 37.3 Å². The van der Waals surface area contributed by atoms with Crippen LogP contribution in [0.25, 0.3) is 0 Å². The Labute approximate surface area is 71.8 Å². The van der Waals surface area contributed by atoms with Crippen molar-refractivity contribution in [3.05, 3.63) is 29.3 Å². The van der Waals surface area contributed by atoms with Crippen molar-refractivity contribution in [2.45, 2.75) is 19.8 Å². The van der Waals surface area contributed by atoms with Gasteiger partial charge in [-0.3, -0.25) is 4.79 Å². The third-order valence-corrected chi connectivity index (χ3v) is 1.86. The fourth-order valence-corrected chi connectivity index (χ4v) is 1.20. The molecule has 0 aliphatic carbocycles. The number of rotatable bonds is 2. The maximum Gasteiger partial charge on any atom is 0.154 e. The zero-order valence-corrected chi connectivity index (χ0v) is 7.24. The van der Waals surface area contributed by atoms with Gasteiger partial charge in [-0.2, -0.15) is 0 Å². The van der Waals surface area contributed by atoms with Crippen molar-refractivity contribution in [1.29, 1.82) is 0 Å². The SMILES string of the molecule is CC(C)c1cccc(O)c1C=O. The molecule has 0 saturated carbocycles. The fourth-order valence-electron chi connectivity index (χ4n) is 1.20. The lowest BCUT2D eigenvalue weighted by molar-refractivity contribution is 0.112. The van der Waals surface area contributed by atoms with Gasteiger partial charge in [-0.05, 0) is 17.5 Å². The summed E-state index contributed by atoms with van der Waals surface area (Å²) in [7, 11) is 0. The van der Waals surface area contributed by atoms with Crippen molar-refractivity contribution in [3.63, 3.8) is 0 Å². The molecule has 12 heavy (non-hydrogen) atoms. The first kappa shape index (κ1) is 8.78. The lowest BCUT2D eigenvalue weighted by Crippen LogP contribution is -1.94. The van der Waals surface area contributed by atoms with Gasteiger partial charge in [-0.15, -0.1) is 0 Å². The molecule has 2 nitrogen and oxygen atoms in total. The Morgan fingerprint density at radius 3 is 2.50 bits per heavy atom. The molecular formula is C10H12O2. The molecule has 0 spiro atoms. The zero-order valence-electron chi connectivity index (χ0n) is 7.24. The van der Waals surface area contributed by atoms with Gasteiger partial charge in [0, 0.05) is 0 Å². The molecule has 1 rings (SSSR count). The van der Waals surface area contributed by atoms with Crippen LogP contribution in [0.2, 0.25) is 0 Å². The summed E-state index contributed by atoms with van der Waals surface area (Å²) in [4.78, 5) is 10.6. The van der Waals surface area contributed by atoms with Gasteiger partial charge in [0.2, 0.25) is 0 Å². The first-order chi connectivity index (χ1) is 5.66. The number of hydrogen-bond donors (Lipinski definition) is 1. The lowest BCUT2D eigenvalue weighted by Gasteiger charge is -2.08. The van der Waals surface area contributed by atoms with Gasteiger partial charge < -0.3 is 5.11 Å². The minimum absolute atomic E-state index is 0.0659. The van der Waals surface area contributed by atoms with E-state index in [9.17, 15) is 9.90 Å². The highest BCUT2D eigenvalue weighted by molar-refractivity contribution is 5.81. The van der Waals surface area contributed by atoms with Crippen molar-refractivity contribution in [2.75, 3.05) is 0 Å². The van der Waals surface area contributed by atoms with Gasteiger partial charge in [0.25, 0.3) is 0 Å². The van der Waals surface area contributed by atoms with Crippen LogP contribution >= 0.6 is 0 Å². The molecule has 0 aliphatic heterocycles. The summed E-state index contributed by atoms with van der Waals surface area (Å²) >= 11 is 0. The minimum Gasteiger partial charge on any atom is -0.507 e. The van der Waals surface area contributed by atoms with Crippen molar-refractivity contribution in [1.82, 2.24) is 0 Å². The van der Waals surface area contributed by atoms with Gasteiger partial charge in [0.15, 0.2) is 6.29 Å². The van der Waals surface area contributed by atoms with E-state index in [-0.39, 0.29) is 11.7 Å². The van der Waals surface area contributed by atoms with E-state index in [2.05, 4.69) is 0 Å². The fraction of sp³-hybridized carbons (Fsp3) is 0.300. The highest BCUT2D eigenvalue weighted by atomic mass is 16.3. The van der Waals surface area contributed by atoms with E-state index in [1.54, 1.807) is 6.07 Å². The molecule has 0 amide bonds. The quantitative estimate of drug-likeness (QED) is 0.681. The van der Waals surface area contributed by atoms with E-state index in [0.717, 1.165) is 5.56 Å². The van der Waals surface area contributed by atoms with Crippen LogP contribution < -0.4 is 0 Å². The maximum atomic E-state index is 10.6.